The van der Waals surface area contributed by atoms with Gasteiger partial charge in [0.05, 0.1) is 25.7 Å². The topological polar surface area (TPSA) is 67.9 Å². The minimum atomic E-state index is -0.572. The quantitative estimate of drug-likeness (QED) is 0.755. The molecule has 0 unspecified atom stereocenters. The normalized spacial score (nSPS) is 18.2. The van der Waals surface area contributed by atoms with Gasteiger partial charge in [-0.2, -0.15) is 0 Å². The van der Waals surface area contributed by atoms with Gasteiger partial charge in [0, 0.05) is 31.1 Å². The van der Waals surface area contributed by atoms with Crippen molar-refractivity contribution >= 4 is 11.8 Å². The molecule has 0 spiro atoms. The fraction of sp³-hybridized carbons (Fsp3) is 0.391. The predicted molar refractivity (Wildman–Crippen MR) is 111 cm³/mol. The Hall–Kier alpha value is -3.09. The number of ether oxygens (including phenoxy) is 2. The van der Waals surface area contributed by atoms with E-state index in [1.807, 2.05) is 13.0 Å². The van der Waals surface area contributed by atoms with Crippen LogP contribution in [0.3, 0.4) is 0 Å². The van der Waals surface area contributed by atoms with E-state index < -0.39 is 17.6 Å². The van der Waals surface area contributed by atoms with Gasteiger partial charge >= 0.3 is 0 Å². The molecule has 6 nitrogen and oxygen atoms in total. The molecule has 0 radical (unpaired) electrons. The van der Waals surface area contributed by atoms with Gasteiger partial charge in [-0.15, -0.1) is 0 Å². The number of halogens is 1. The van der Waals surface area contributed by atoms with Crippen LogP contribution < -0.4 is 14.8 Å². The van der Waals surface area contributed by atoms with Gasteiger partial charge in [0.15, 0.2) is 0 Å². The lowest BCUT2D eigenvalue weighted by Crippen LogP contribution is -2.36. The van der Waals surface area contributed by atoms with Gasteiger partial charge in [0.1, 0.15) is 17.3 Å². The minimum Gasteiger partial charge on any atom is -0.497 e. The van der Waals surface area contributed by atoms with E-state index in [9.17, 15) is 14.0 Å². The molecule has 1 N–H and O–H groups in total. The summed E-state index contributed by atoms with van der Waals surface area (Å²) in [6.45, 7) is 3.01. The van der Waals surface area contributed by atoms with E-state index in [0.717, 1.165) is 12.0 Å². The fourth-order valence-corrected chi connectivity index (χ4v) is 3.86. The van der Waals surface area contributed by atoms with Crippen molar-refractivity contribution < 1.29 is 23.5 Å². The Morgan fingerprint density at radius 2 is 1.90 bits per heavy atom. The third-order valence-corrected chi connectivity index (χ3v) is 5.43. The van der Waals surface area contributed by atoms with E-state index in [2.05, 4.69) is 5.32 Å². The highest BCUT2D eigenvalue weighted by molar-refractivity contribution is 5.95. The number of hydrogen-bond donors (Lipinski definition) is 1. The van der Waals surface area contributed by atoms with Gasteiger partial charge in [-0.1, -0.05) is 19.1 Å². The third-order valence-electron chi connectivity index (χ3n) is 5.43. The number of nitrogens with one attached hydrogen (secondary N) is 1. The Balaban J connectivity index is 1.96. The molecule has 0 aliphatic carbocycles. The summed E-state index contributed by atoms with van der Waals surface area (Å²) in [5.74, 6) is -0.652. The number of carbonyl (C=O) groups excluding carboxylic acids is 2. The average Bonchev–Trinajstić information content (AvgIpc) is 3.22. The maximum Gasteiger partial charge on any atom is 0.256 e. The molecular weight excluding hydrogens is 387 g/mol. The lowest BCUT2D eigenvalue weighted by atomic mass is 9.87. The molecule has 1 aliphatic rings. The van der Waals surface area contributed by atoms with Gasteiger partial charge in [-0.3, -0.25) is 9.59 Å². The summed E-state index contributed by atoms with van der Waals surface area (Å²) in [4.78, 5) is 27.5. The van der Waals surface area contributed by atoms with Crippen LogP contribution in [0.15, 0.2) is 42.5 Å². The third kappa shape index (κ3) is 4.40. The summed E-state index contributed by atoms with van der Waals surface area (Å²) in [6.07, 6.45) is 0.809. The molecule has 0 saturated carbocycles. The second-order valence-corrected chi connectivity index (χ2v) is 7.30. The Labute approximate surface area is 176 Å². The summed E-state index contributed by atoms with van der Waals surface area (Å²) in [6, 6.07) is 11.3. The maximum absolute atomic E-state index is 14.2. The smallest absolute Gasteiger partial charge is 0.256 e. The number of carbonyl (C=O) groups is 2. The molecule has 2 aromatic rings. The minimum absolute atomic E-state index is 0.00322. The number of benzene rings is 2. The first-order valence-corrected chi connectivity index (χ1v) is 10.0. The first kappa shape index (κ1) is 21.6. The van der Waals surface area contributed by atoms with E-state index >= 15 is 0 Å². The first-order valence-electron chi connectivity index (χ1n) is 10.0. The number of methoxy groups -OCH3 is 2. The van der Waals surface area contributed by atoms with Crippen LogP contribution in [0.5, 0.6) is 11.5 Å². The highest BCUT2D eigenvalue weighted by Crippen LogP contribution is 2.40. The summed E-state index contributed by atoms with van der Waals surface area (Å²) in [5.41, 5.74) is 0.792. The maximum atomic E-state index is 14.2. The van der Waals surface area contributed by atoms with Crippen LogP contribution in [0.25, 0.3) is 0 Å². The molecule has 0 bridgehead atoms. The summed E-state index contributed by atoms with van der Waals surface area (Å²) < 4.78 is 25.1. The van der Waals surface area contributed by atoms with Crippen molar-refractivity contribution in [2.24, 2.45) is 5.92 Å². The summed E-state index contributed by atoms with van der Waals surface area (Å²) >= 11 is 0. The van der Waals surface area contributed by atoms with Crippen molar-refractivity contribution in [1.29, 1.82) is 0 Å². The SMILES string of the molecule is CCCNC(=O)[C@@H]1CN(C(=O)c2ccccc2F)C[C@@H]1c1cc(OC)ccc1OC. The molecule has 2 atom stereocenters. The van der Waals surface area contributed by atoms with E-state index in [0.29, 0.717) is 18.0 Å². The number of hydrogen-bond acceptors (Lipinski definition) is 4. The molecular formula is C23H27FN2O4. The Kier molecular flexibility index (Phi) is 6.92. The van der Waals surface area contributed by atoms with Crippen molar-refractivity contribution in [3.05, 3.63) is 59.4 Å². The first-order chi connectivity index (χ1) is 14.5. The summed E-state index contributed by atoms with van der Waals surface area (Å²) in [5, 5.41) is 2.93. The van der Waals surface area contributed by atoms with Gasteiger partial charge in [0.25, 0.3) is 5.91 Å². The molecule has 30 heavy (non-hydrogen) atoms. The van der Waals surface area contributed by atoms with E-state index in [-0.39, 0.29) is 30.5 Å². The number of likely N-dealkylation sites (tertiary alicyclic amines) is 1. The van der Waals surface area contributed by atoms with Crippen LogP contribution in [-0.2, 0) is 4.79 Å². The molecule has 160 valence electrons. The number of nitrogens with zero attached hydrogens (tertiary/aromatic N) is 1. The molecule has 1 aliphatic heterocycles. The molecule has 2 aromatic carbocycles. The van der Waals surface area contributed by atoms with Gasteiger partial charge < -0.3 is 19.7 Å². The highest BCUT2D eigenvalue weighted by atomic mass is 19.1. The monoisotopic (exact) mass is 414 g/mol. The Morgan fingerprint density at radius 3 is 2.57 bits per heavy atom. The number of amides is 2. The van der Waals surface area contributed by atoms with Crippen LogP contribution in [0.4, 0.5) is 4.39 Å². The molecule has 1 fully saturated rings. The standard InChI is InChI=1S/C23H27FN2O4/c1-4-11-25-22(27)19-14-26(23(28)16-7-5-6-8-20(16)24)13-18(19)17-12-15(29-2)9-10-21(17)30-3/h5-10,12,18-19H,4,11,13-14H2,1-3H3,(H,25,27)/t18-,19-/m1/s1. The van der Waals surface area contributed by atoms with Crippen LogP contribution in [0, 0.1) is 11.7 Å². The zero-order chi connectivity index (χ0) is 21.7. The number of rotatable bonds is 7. The van der Waals surface area contributed by atoms with Crippen molar-refractivity contribution in [2.75, 3.05) is 33.9 Å². The van der Waals surface area contributed by atoms with Gasteiger partial charge in [-0.05, 0) is 36.8 Å². The molecule has 7 heteroatoms. The zero-order valence-corrected chi connectivity index (χ0v) is 17.5. The molecule has 2 amide bonds. The van der Waals surface area contributed by atoms with Gasteiger partial charge in [0.2, 0.25) is 5.91 Å². The second kappa shape index (κ2) is 9.61. The Bertz CT molecular complexity index is 918. The summed E-state index contributed by atoms with van der Waals surface area (Å²) in [7, 11) is 3.13. The molecule has 0 aromatic heterocycles. The zero-order valence-electron chi connectivity index (χ0n) is 17.5. The lowest BCUT2D eigenvalue weighted by Gasteiger charge is -2.21. The van der Waals surface area contributed by atoms with E-state index in [1.165, 1.54) is 17.0 Å². The molecule has 1 saturated heterocycles. The average molecular weight is 414 g/mol. The van der Waals surface area contributed by atoms with E-state index in [1.54, 1.807) is 38.5 Å². The van der Waals surface area contributed by atoms with Crippen LogP contribution >= 0.6 is 0 Å². The molecule has 3 rings (SSSR count). The van der Waals surface area contributed by atoms with Crippen molar-refractivity contribution in [3.63, 3.8) is 0 Å². The second-order valence-electron chi connectivity index (χ2n) is 7.30. The van der Waals surface area contributed by atoms with Gasteiger partial charge in [-0.25, -0.2) is 4.39 Å². The Morgan fingerprint density at radius 1 is 1.13 bits per heavy atom. The highest BCUT2D eigenvalue weighted by Gasteiger charge is 2.42. The molecule has 1 heterocycles. The van der Waals surface area contributed by atoms with Crippen molar-refractivity contribution in [3.8, 4) is 11.5 Å². The van der Waals surface area contributed by atoms with E-state index in [4.69, 9.17) is 9.47 Å². The van der Waals surface area contributed by atoms with Crippen LogP contribution in [0.2, 0.25) is 0 Å². The van der Waals surface area contributed by atoms with Crippen LogP contribution in [-0.4, -0.2) is 50.6 Å². The van der Waals surface area contributed by atoms with Crippen LogP contribution in [0.1, 0.15) is 35.2 Å². The fourth-order valence-electron chi connectivity index (χ4n) is 3.86. The lowest BCUT2D eigenvalue weighted by molar-refractivity contribution is -0.124. The predicted octanol–water partition coefficient (Wildman–Crippen LogP) is 3.22. The largest absolute Gasteiger partial charge is 0.497 e. The van der Waals surface area contributed by atoms with Crippen molar-refractivity contribution in [1.82, 2.24) is 10.2 Å². The van der Waals surface area contributed by atoms with Crippen molar-refractivity contribution in [2.45, 2.75) is 19.3 Å².